The summed E-state index contributed by atoms with van der Waals surface area (Å²) < 4.78 is 6.31. The van der Waals surface area contributed by atoms with Crippen LogP contribution in [0.3, 0.4) is 0 Å². The standard InChI is InChI=1S/C40H24O/c1-2-11-25-21-22-26-23-27(24-35(26)28(25)12-3-1)38-29-13-4-6-15-31(29)39(32-16-7-5-14-30(32)38)34-18-10-20-37-40(34)33-17-8-9-19-36(33)41-37/h2,4-11,13-23H,1,24H2. The van der Waals surface area contributed by atoms with Crippen LogP contribution in [0.15, 0.2) is 114 Å². The van der Waals surface area contributed by atoms with Gasteiger partial charge in [-0.3, -0.25) is 0 Å². The van der Waals surface area contributed by atoms with Gasteiger partial charge >= 0.3 is 0 Å². The molecule has 1 aromatic heterocycles. The van der Waals surface area contributed by atoms with Crippen LogP contribution in [0.4, 0.5) is 0 Å². The molecule has 1 heterocycles. The van der Waals surface area contributed by atoms with Crippen molar-refractivity contribution < 1.29 is 4.42 Å². The summed E-state index contributed by atoms with van der Waals surface area (Å²) in [6, 6.07) is 37.1. The molecule has 0 N–H and O–H groups in total. The van der Waals surface area contributed by atoms with E-state index >= 15 is 0 Å². The number of hydrogen-bond acceptors (Lipinski definition) is 1. The summed E-state index contributed by atoms with van der Waals surface area (Å²) in [7, 11) is 0. The summed E-state index contributed by atoms with van der Waals surface area (Å²) in [4.78, 5) is 0. The molecule has 1 heteroatoms. The second-order valence-electron chi connectivity index (χ2n) is 11.0. The van der Waals surface area contributed by atoms with E-state index in [1.54, 1.807) is 0 Å². The molecule has 9 rings (SSSR count). The normalized spacial score (nSPS) is 13.7. The lowest BCUT2D eigenvalue weighted by molar-refractivity contribution is 0.669. The summed E-state index contributed by atoms with van der Waals surface area (Å²) in [5, 5.41) is 7.41. The number of para-hydroxylation sites is 1. The van der Waals surface area contributed by atoms with Crippen LogP contribution in [0.5, 0.6) is 0 Å². The molecule has 6 aromatic carbocycles. The highest BCUT2D eigenvalue weighted by molar-refractivity contribution is 6.24. The molecule has 0 bridgehead atoms. The maximum Gasteiger partial charge on any atom is 0.136 e. The number of allylic oxidation sites excluding steroid dienone is 2. The van der Waals surface area contributed by atoms with Gasteiger partial charge in [0.15, 0.2) is 0 Å². The molecule has 0 saturated carbocycles. The van der Waals surface area contributed by atoms with E-state index in [2.05, 4.69) is 127 Å². The Balaban J connectivity index is 1.35. The van der Waals surface area contributed by atoms with E-state index in [0.29, 0.717) is 0 Å². The van der Waals surface area contributed by atoms with Crippen molar-refractivity contribution >= 4 is 61.2 Å². The lowest BCUT2D eigenvalue weighted by Crippen LogP contribution is -1.96. The fourth-order valence-electron chi connectivity index (χ4n) is 7.02. The molecule has 0 fully saturated rings. The van der Waals surface area contributed by atoms with Gasteiger partial charge in [0.2, 0.25) is 0 Å². The van der Waals surface area contributed by atoms with Crippen molar-refractivity contribution in [2.45, 2.75) is 12.8 Å². The fourth-order valence-corrected chi connectivity index (χ4v) is 7.02. The third kappa shape index (κ3) is 3.25. The summed E-state index contributed by atoms with van der Waals surface area (Å²) in [5.74, 6) is 6.81. The molecule has 0 amide bonds. The summed E-state index contributed by atoms with van der Waals surface area (Å²) in [5.41, 5.74) is 12.1. The maximum absolute atomic E-state index is 6.31. The predicted octanol–water partition coefficient (Wildman–Crippen LogP) is 10.4. The number of rotatable bonds is 2. The van der Waals surface area contributed by atoms with E-state index in [1.165, 1.54) is 71.4 Å². The van der Waals surface area contributed by atoms with E-state index in [1.807, 2.05) is 6.07 Å². The van der Waals surface area contributed by atoms with Crippen LogP contribution >= 0.6 is 0 Å². The smallest absolute Gasteiger partial charge is 0.136 e. The van der Waals surface area contributed by atoms with Crippen molar-refractivity contribution in [2.24, 2.45) is 0 Å². The fraction of sp³-hybridized carbons (Fsp3) is 0.0500. The molecule has 190 valence electrons. The van der Waals surface area contributed by atoms with Crippen LogP contribution in [0.2, 0.25) is 0 Å². The Morgan fingerprint density at radius 3 is 2.02 bits per heavy atom. The van der Waals surface area contributed by atoms with Gasteiger partial charge in [-0.05, 0) is 79.1 Å². The number of hydrogen-bond donors (Lipinski definition) is 0. The van der Waals surface area contributed by atoms with Gasteiger partial charge in [-0.2, -0.15) is 0 Å². The quantitative estimate of drug-likeness (QED) is 0.163. The first-order chi connectivity index (χ1) is 20.3. The molecule has 1 nitrogen and oxygen atoms in total. The molecule has 0 spiro atoms. The highest BCUT2D eigenvalue weighted by Gasteiger charge is 2.24. The Labute approximate surface area is 238 Å². The highest BCUT2D eigenvalue weighted by atomic mass is 16.3. The molecule has 0 unspecified atom stereocenters. The molecular formula is C40H24O. The minimum Gasteiger partial charge on any atom is -0.456 e. The van der Waals surface area contributed by atoms with E-state index in [4.69, 9.17) is 4.42 Å². The third-order valence-corrected chi connectivity index (χ3v) is 8.73. The first-order valence-corrected chi connectivity index (χ1v) is 14.2. The average molecular weight is 521 g/mol. The van der Waals surface area contributed by atoms with Crippen LogP contribution in [0.25, 0.3) is 72.3 Å². The van der Waals surface area contributed by atoms with Crippen molar-refractivity contribution in [3.63, 3.8) is 0 Å². The number of benzene rings is 6. The van der Waals surface area contributed by atoms with Gasteiger partial charge in [0.1, 0.15) is 11.2 Å². The minimum absolute atomic E-state index is 0.805. The van der Waals surface area contributed by atoms with Gasteiger partial charge in [-0.25, -0.2) is 0 Å². The Hall–Kier alpha value is -5.32. The second-order valence-corrected chi connectivity index (χ2v) is 11.0. The topological polar surface area (TPSA) is 13.1 Å². The zero-order valence-electron chi connectivity index (χ0n) is 22.4. The van der Waals surface area contributed by atoms with Gasteiger partial charge < -0.3 is 4.42 Å². The van der Waals surface area contributed by atoms with Crippen LogP contribution < -0.4 is 0 Å². The zero-order valence-corrected chi connectivity index (χ0v) is 22.4. The predicted molar refractivity (Wildman–Crippen MR) is 173 cm³/mol. The van der Waals surface area contributed by atoms with Crippen molar-refractivity contribution in [3.05, 3.63) is 137 Å². The molecule has 0 atom stereocenters. The van der Waals surface area contributed by atoms with Gasteiger partial charge in [-0.15, -0.1) is 0 Å². The first kappa shape index (κ1) is 22.5. The summed E-state index contributed by atoms with van der Waals surface area (Å²) in [6.45, 7) is 0. The molecule has 0 radical (unpaired) electrons. The van der Waals surface area contributed by atoms with Gasteiger partial charge in [0.05, 0.1) is 0 Å². The van der Waals surface area contributed by atoms with Crippen LogP contribution in [-0.4, -0.2) is 0 Å². The molecule has 2 aliphatic rings. The highest BCUT2D eigenvalue weighted by Crippen LogP contribution is 2.47. The van der Waals surface area contributed by atoms with Gasteiger partial charge in [0, 0.05) is 22.8 Å². The van der Waals surface area contributed by atoms with Crippen molar-refractivity contribution in [2.75, 3.05) is 0 Å². The number of furan rings is 1. The maximum atomic E-state index is 6.31. The van der Waals surface area contributed by atoms with E-state index < -0.39 is 0 Å². The molecule has 41 heavy (non-hydrogen) atoms. The van der Waals surface area contributed by atoms with E-state index in [-0.39, 0.29) is 0 Å². The summed E-state index contributed by atoms with van der Waals surface area (Å²) >= 11 is 0. The van der Waals surface area contributed by atoms with Crippen LogP contribution in [-0.2, 0) is 6.42 Å². The Morgan fingerprint density at radius 2 is 1.24 bits per heavy atom. The van der Waals surface area contributed by atoms with Crippen LogP contribution in [0, 0.1) is 11.8 Å². The van der Waals surface area contributed by atoms with E-state index in [9.17, 15) is 0 Å². The van der Waals surface area contributed by atoms with Crippen molar-refractivity contribution in [1.82, 2.24) is 0 Å². The lowest BCUT2D eigenvalue weighted by Gasteiger charge is -2.18. The largest absolute Gasteiger partial charge is 0.456 e. The van der Waals surface area contributed by atoms with Crippen molar-refractivity contribution in [3.8, 4) is 23.0 Å². The Bertz CT molecular complexity index is 2310. The van der Waals surface area contributed by atoms with Crippen LogP contribution in [0.1, 0.15) is 34.2 Å². The number of fused-ring (bicyclic) bond motifs is 8. The monoisotopic (exact) mass is 520 g/mol. The minimum atomic E-state index is 0.805. The van der Waals surface area contributed by atoms with E-state index in [0.717, 1.165) is 29.4 Å². The molecule has 0 saturated heterocycles. The summed E-state index contributed by atoms with van der Waals surface area (Å²) in [6.07, 6.45) is 8.46. The molecular weight excluding hydrogens is 496 g/mol. The SMILES string of the molecule is C1#Cc2c(ccc3c2CC(c2c4ccccc4c(-c4cccc5oc6ccccc6c45)c4ccccc24)=C3)C=CC1. The second kappa shape index (κ2) is 8.59. The van der Waals surface area contributed by atoms with Crippen molar-refractivity contribution in [1.29, 1.82) is 0 Å². The molecule has 0 aliphatic heterocycles. The third-order valence-electron chi connectivity index (χ3n) is 8.73. The average Bonchev–Trinajstić information content (AvgIpc) is 3.53. The molecule has 7 aromatic rings. The first-order valence-electron chi connectivity index (χ1n) is 14.2. The lowest BCUT2D eigenvalue weighted by atomic mass is 9.84. The molecule has 2 aliphatic carbocycles. The Morgan fingerprint density at radius 1 is 0.585 bits per heavy atom. The zero-order chi connectivity index (χ0) is 26.9. The van der Waals surface area contributed by atoms with Gasteiger partial charge in [-0.1, -0.05) is 121 Å². The Kier molecular flexibility index (Phi) is 4.71. The van der Waals surface area contributed by atoms with Gasteiger partial charge in [0.25, 0.3) is 0 Å².